The normalized spacial score (nSPS) is 10.5. The van der Waals surface area contributed by atoms with Crippen molar-refractivity contribution in [1.29, 1.82) is 0 Å². The fraction of sp³-hybridized carbons (Fsp3) is 0.167. The molecule has 0 spiro atoms. The quantitative estimate of drug-likeness (QED) is 0.864. The van der Waals surface area contributed by atoms with Gasteiger partial charge in [-0.2, -0.15) is 0 Å². The molecular formula is C12H11BrO2. The summed E-state index contributed by atoms with van der Waals surface area (Å²) in [6.45, 7) is 0.620. The minimum atomic E-state index is 0.289. The topological polar surface area (TPSA) is 29.5 Å². The molecular weight excluding hydrogens is 256 g/mol. The van der Waals surface area contributed by atoms with E-state index in [1.165, 1.54) is 0 Å². The summed E-state index contributed by atoms with van der Waals surface area (Å²) in [5.41, 5.74) is 0. The summed E-state index contributed by atoms with van der Waals surface area (Å²) in [4.78, 5) is 0. The summed E-state index contributed by atoms with van der Waals surface area (Å²) in [7, 11) is 0. The number of ether oxygens (including phenoxy) is 1. The zero-order valence-corrected chi connectivity index (χ0v) is 9.70. The van der Waals surface area contributed by atoms with Gasteiger partial charge in [0.25, 0.3) is 0 Å². The molecule has 2 nitrogen and oxygen atoms in total. The van der Waals surface area contributed by atoms with Crippen LogP contribution in [-0.2, 0) is 0 Å². The van der Waals surface area contributed by atoms with Crippen molar-refractivity contribution in [1.82, 2.24) is 0 Å². The summed E-state index contributed by atoms with van der Waals surface area (Å²) >= 11 is 3.31. The molecule has 0 amide bonds. The molecule has 0 atom stereocenters. The molecule has 0 fully saturated rings. The molecule has 0 unspecified atom stereocenters. The highest BCUT2D eigenvalue weighted by Crippen LogP contribution is 2.31. The second kappa shape index (κ2) is 4.53. The van der Waals surface area contributed by atoms with Gasteiger partial charge in [-0.15, -0.1) is 0 Å². The number of phenols is 1. The zero-order valence-electron chi connectivity index (χ0n) is 8.11. The molecule has 3 heteroatoms. The first-order chi connectivity index (χ1) is 7.33. The number of fused-ring (bicyclic) bond motifs is 1. The van der Waals surface area contributed by atoms with Gasteiger partial charge in [-0.1, -0.05) is 40.2 Å². The number of benzene rings is 2. The molecule has 0 aliphatic heterocycles. The first-order valence-corrected chi connectivity index (χ1v) is 5.84. The lowest BCUT2D eigenvalue weighted by Crippen LogP contribution is -1.98. The Bertz CT molecular complexity index is 468. The molecule has 0 aliphatic rings. The molecule has 0 aromatic heterocycles. The Morgan fingerprint density at radius 3 is 2.53 bits per heavy atom. The van der Waals surface area contributed by atoms with Crippen molar-refractivity contribution >= 4 is 26.7 Å². The largest absolute Gasteiger partial charge is 0.507 e. The molecule has 0 saturated carbocycles. The van der Waals surface area contributed by atoms with Gasteiger partial charge in [-0.25, -0.2) is 0 Å². The van der Waals surface area contributed by atoms with Gasteiger partial charge in [0.1, 0.15) is 11.5 Å². The van der Waals surface area contributed by atoms with Gasteiger partial charge in [-0.3, -0.25) is 0 Å². The van der Waals surface area contributed by atoms with Crippen LogP contribution in [0.2, 0.25) is 0 Å². The van der Waals surface area contributed by atoms with Crippen LogP contribution in [0.3, 0.4) is 0 Å². The fourth-order valence-corrected chi connectivity index (χ4v) is 1.69. The van der Waals surface area contributed by atoms with Crippen LogP contribution < -0.4 is 4.74 Å². The molecule has 78 valence electrons. The van der Waals surface area contributed by atoms with Crippen LogP contribution in [-0.4, -0.2) is 17.0 Å². The van der Waals surface area contributed by atoms with Crippen LogP contribution in [0.15, 0.2) is 36.4 Å². The summed E-state index contributed by atoms with van der Waals surface area (Å²) in [6.07, 6.45) is 0. The highest BCUT2D eigenvalue weighted by atomic mass is 79.9. The van der Waals surface area contributed by atoms with E-state index in [1.807, 2.05) is 24.3 Å². The van der Waals surface area contributed by atoms with Crippen molar-refractivity contribution in [2.24, 2.45) is 0 Å². The van der Waals surface area contributed by atoms with E-state index in [0.717, 1.165) is 21.9 Å². The number of alkyl halides is 1. The third-order valence-corrected chi connectivity index (χ3v) is 2.52. The number of hydrogen-bond donors (Lipinski definition) is 1. The maximum atomic E-state index is 9.66. The van der Waals surface area contributed by atoms with Gasteiger partial charge >= 0.3 is 0 Å². The van der Waals surface area contributed by atoms with E-state index in [2.05, 4.69) is 15.9 Å². The maximum absolute atomic E-state index is 9.66. The van der Waals surface area contributed by atoms with Gasteiger partial charge < -0.3 is 9.84 Å². The Labute approximate surface area is 96.6 Å². The Morgan fingerprint density at radius 1 is 1.07 bits per heavy atom. The average Bonchev–Trinajstić information content (AvgIpc) is 2.29. The number of hydrogen-bond acceptors (Lipinski definition) is 2. The van der Waals surface area contributed by atoms with E-state index in [9.17, 15) is 5.11 Å². The van der Waals surface area contributed by atoms with Crippen LogP contribution in [0.5, 0.6) is 11.5 Å². The van der Waals surface area contributed by atoms with Gasteiger partial charge in [0, 0.05) is 16.1 Å². The van der Waals surface area contributed by atoms with E-state index in [1.54, 1.807) is 12.1 Å². The van der Waals surface area contributed by atoms with Gasteiger partial charge in [0.2, 0.25) is 0 Å². The van der Waals surface area contributed by atoms with E-state index in [4.69, 9.17) is 4.74 Å². The molecule has 2 rings (SSSR count). The van der Waals surface area contributed by atoms with Crippen LogP contribution in [0.4, 0.5) is 0 Å². The molecule has 1 N–H and O–H groups in total. The highest BCUT2D eigenvalue weighted by Gasteiger charge is 2.04. The predicted octanol–water partition coefficient (Wildman–Crippen LogP) is 3.32. The Morgan fingerprint density at radius 2 is 1.80 bits per heavy atom. The molecule has 2 aromatic rings. The summed E-state index contributed by atoms with van der Waals surface area (Å²) in [5.74, 6) is 1.10. The molecule has 0 radical (unpaired) electrons. The number of halogens is 1. The Hall–Kier alpha value is -1.22. The number of aromatic hydroxyl groups is 1. The third-order valence-electron chi connectivity index (χ3n) is 2.20. The van der Waals surface area contributed by atoms with Crippen LogP contribution in [0.25, 0.3) is 10.8 Å². The number of phenolic OH excluding ortho intramolecular Hbond substituents is 1. The third kappa shape index (κ3) is 2.07. The maximum Gasteiger partial charge on any atom is 0.127 e. The monoisotopic (exact) mass is 266 g/mol. The fourth-order valence-electron chi connectivity index (χ4n) is 1.53. The van der Waals surface area contributed by atoms with Crippen molar-refractivity contribution in [3.8, 4) is 11.5 Å². The summed E-state index contributed by atoms with van der Waals surface area (Å²) in [6, 6.07) is 11.1. The van der Waals surface area contributed by atoms with E-state index in [-0.39, 0.29) is 5.75 Å². The summed E-state index contributed by atoms with van der Waals surface area (Å²) < 4.78 is 5.57. The van der Waals surface area contributed by atoms with Crippen molar-refractivity contribution in [3.63, 3.8) is 0 Å². The summed E-state index contributed by atoms with van der Waals surface area (Å²) in [5, 5.41) is 12.2. The minimum Gasteiger partial charge on any atom is -0.507 e. The zero-order chi connectivity index (χ0) is 10.7. The lowest BCUT2D eigenvalue weighted by atomic mass is 10.1. The van der Waals surface area contributed by atoms with Gasteiger partial charge in [0.05, 0.1) is 6.61 Å². The SMILES string of the molecule is Oc1ccc(OCCBr)c2ccccc12. The van der Waals surface area contributed by atoms with E-state index in [0.29, 0.717) is 6.61 Å². The molecule has 0 aliphatic carbocycles. The van der Waals surface area contributed by atoms with Crippen molar-refractivity contribution < 1.29 is 9.84 Å². The average molecular weight is 267 g/mol. The van der Waals surface area contributed by atoms with Crippen LogP contribution in [0, 0.1) is 0 Å². The van der Waals surface area contributed by atoms with Crippen LogP contribution >= 0.6 is 15.9 Å². The second-order valence-electron chi connectivity index (χ2n) is 3.17. The van der Waals surface area contributed by atoms with E-state index < -0.39 is 0 Å². The smallest absolute Gasteiger partial charge is 0.127 e. The molecule has 0 saturated heterocycles. The molecule has 2 aromatic carbocycles. The van der Waals surface area contributed by atoms with E-state index >= 15 is 0 Å². The van der Waals surface area contributed by atoms with Crippen LogP contribution in [0.1, 0.15) is 0 Å². The van der Waals surface area contributed by atoms with Crippen molar-refractivity contribution in [3.05, 3.63) is 36.4 Å². The Balaban J connectivity index is 2.51. The van der Waals surface area contributed by atoms with Gasteiger partial charge in [0.15, 0.2) is 0 Å². The number of rotatable bonds is 3. The highest BCUT2D eigenvalue weighted by molar-refractivity contribution is 9.09. The lowest BCUT2D eigenvalue weighted by molar-refractivity contribution is 0.348. The van der Waals surface area contributed by atoms with Crippen molar-refractivity contribution in [2.45, 2.75) is 0 Å². The first-order valence-electron chi connectivity index (χ1n) is 4.72. The van der Waals surface area contributed by atoms with Gasteiger partial charge in [-0.05, 0) is 12.1 Å². The van der Waals surface area contributed by atoms with Crippen molar-refractivity contribution in [2.75, 3.05) is 11.9 Å². The molecule has 0 heterocycles. The lowest BCUT2D eigenvalue weighted by Gasteiger charge is -2.08. The first kappa shape index (κ1) is 10.3. The predicted molar refractivity (Wildman–Crippen MR) is 64.9 cm³/mol. The minimum absolute atomic E-state index is 0.289. The molecule has 0 bridgehead atoms. The Kier molecular flexibility index (Phi) is 3.11. The standard InChI is InChI=1S/C12H11BrO2/c13-7-8-15-12-6-5-11(14)9-3-1-2-4-10(9)12/h1-6,14H,7-8H2. The molecule has 15 heavy (non-hydrogen) atoms. The second-order valence-corrected chi connectivity index (χ2v) is 3.96.